The normalized spacial score (nSPS) is 20.8. The van der Waals surface area contributed by atoms with E-state index in [-0.39, 0.29) is 11.9 Å². The fourth-order valence-corrected chi connectivity index (χ4v) is 4.97. The van der Waals surface area contributed by atoms with Crippen LogP contribution in [0.3, 0.4) is 0 Å². The zero-order chi connectivity index (χ0) is 22.5. The molecule has 2 aliphatic heterocycles. The van der Waals surface area contributed by atoms with Gasteiger partial charge < -0.3 is 15.5 Å². The number of amides is 3. The Morgan fingerprint density at radius 2 is 2.06 bits per heavy atom. The van der Waals surface area contributed by atoms with Crippen LogP contribution in [0.25, 0.3) is 0 Å². The Morgan fingerprint density at radius 1 is 1.25 bits per heavy atom. The maximum Gasteiger partial charge on any atom is 0.326 e. The zero-order valence-corrected chi connectivity index (χ0v) is 19.3. The second-order valence-corrected chi connectivity index (χ2v) is 8.66. The molecule has 1 fully saturated rings. The second kappa shape index (κ2) is 10.3. The van der Waals surface area contributed by atoms with Gasteiger partial charge in [0.25, 0.3) is 5.91 Å². The van der Waals surface area contributed by atoms with Gasteiger partial charge in [-0.15, -0.1) is 0 Å². The van der Waals surface area contributed by atoms with Crippen LogP contribution in [0.1, 0.15) is 39.5 Å². The molecule has 1 aliphatic carbocycles. The molecule has 172 valence electrons. The van der Waals surface area contributed by atoms with Crippen LogP contribution in [0.5, 0.6) is 0 Å². The largest absolute Gasteiger partial charge is 0.336 e. The SMILES string of the molecule is CCN(CC)CC1CCCN1CCNC(=O)N1C2=C(CCC=C2)C(=O)Nc2ccccc21. The third-order valence-corrected chi connectivity index (χ3v) is 6.79. The van der Waals surface area contributed by atoms with Crippen molar-refractivity contribution in [2.75, 3.05) is 49.5 Å². The van der Waals surface area contributed by atoms with Crippen LogP contribution in [-0.2, 0) is 4.79 Å². The van der Waals surface area contributed by atoms with Crippen LogP contribution in [0, 0.1) is 0 Å². The Labute approximate surface area is 191 Å². The van der Waals surface area contributed by atoms with Gasteiger partial charge in [-0.2, -0.15) is 0 Å². The van der Waals surface area contributed by atoms with E-state index < -0.39 is 0 Å². The van der Waals surface area contributed by atoms with Gasteiger partial charge in [0, 0.05) is 31.2 Å². The molecule has 0 saturated carbocycles. The van der Waals surface area contributed by atoms with Crippen molar-refractivity contribution in [3.8, 4) is 0 Å². The molecule has 1 aromatic rings. The molecule has 7 heteroatoms. The van der Waals surface area contributed by atoms with Crippen molar-refractivity contribution >= 4 is 23.3 Å². The number of rotatable bonds is 7. The molecule has 1 aromatic carbocycles. The molecule has 1 saturated heterocycles. The predicted molar refractivity (Wildman–Crippen MR) is 129 cm³/mol. The average molecular weight is 438 g/mol. The predicted octanol–water partition coefficient (Wildman–Crippen LogP) is 3.57. The minimum Gasteiger partial charge on any atom is -0.336 e. The van der Waals surface area contributed by atoms with Gasteiger partial charge in [0.1, 0.15) is 0 Å². The Morgan fingerprint density at radius 3 is 2.88 bits per heavy atom. The minimum absolute atomic E-state index is 0.122. The van der Waals surface area contributed by atoms with Crippen LogP contribution in [-0.4, -0.2) is 67.0 Å². The van der Waals surface area contributed by atoms with Gasteiger partial charge in [0.2, 0.25) is 0 Å². The Hall–Kier alpha value is -2.64. The summed E-state index contributed by atoms with van der Waals surface area (Å²) in [4.78, 5) is 32.8. The van der Waals surface area contributed by atoms with E-state index in [9.17, 15) is 9.59 Å². The lowest BCUT2D eigenvalue weighted by atomic mass is 10.0. The number of anilines is 2. The number of likely N-dealkylation sites (N-methyl/N-ethyl adjacent to an activating group) is 1. The molecular weight excluding hydrogens is 402 g/mol. The molecular formula is C25H35N5O2. The lowest BCUT2D eigenvalue weighted by molar-refractivity contribution is -0.113. The number of urea groups is 1. The molecule has 4 rings (SSSR count). The summed E-state index contributed by atoms with van der Waals surface area (Å²) in [5.41, 5.74) is 2.71. The van der Waals surface area contributed by atoms with Crippen molar-refractivity contribution in [3.63, 3.8) is 0 Å². The summed E-state index contributed by atoms with van der Waals surface area (Å²) in [6.07, 6.45) is 7.81. The molecule has 0 bridgehead atoms. The van der Waals surface area contributed by atoms with Crippen LogP contribution >= 0.6 is 0 Å². The maximum absolute atomic E-state index is 13.4. The number of carbonyl (C=O) groups excluding carboxylic acids is 2. The molecule has 2 heterocycles. The van der Waals surface area contributed by atoms with E-state index in [1.165, 1.54) is 12.8 Å². The fraction of sp³-hybridized carbons (Fsp3) is 0.520. The second-order valence-electron chi connectivity index (χ2n) is 8.66. The molecule has 3 aliphatic rings. The number of nitrogens with zero attached hydrogens (tertiary/aromatic N) is 3. The third kappa shape index (κ3) is 4.74. The highest BCUT2D eigenvalue weighted by molar-refractivity contribution is 6.13. The number of benzene rings is 1. The Kier molecular flexibility index (Phi) is 7.27. The number of carbonyl (C=O) groups is 2. The van der Waals surface area contributed by atoms with Gasteiger partial charge >= 0.3 is 6.03 Å². The van der Waals surface area contributed by atoms with Crippen LogP contribution in [0.15, 0.2) is 47.7 Å². The van der Waals surface area contributed by atoms with Crippen LogP contribution < -0.4 is 15.5 Å². The molecule has 1 unspecified atom stereocenters. The molecule has 1 atom stereocenters. The first-order valence-corrected chi connectivity index (χ1v) is 12.0. The van der Waals surface area contributed by atoms with E-state index in [1.807, 2.05) is 36.4 Å². The summed E-state index contributed by atoms with van der Waals surface area (Å²) in [5, 5.41) is 6.10. The lowest BCUT2D eigenvalue weighted by Gasteiger charge is -2.30. The van der Waals surface area contributed by atoms with Crippen molar-refractivity contribution in [3.05, 3.63) is 47.7 Å². The molecule has 0 spiro atoms. The van der Waals surface area contributed by atoms with Crippen molar-refractivity contribution < 1.29 is 9.59 Å². The highest BCUT2D eigenvalue weighted by Crippen LogP contribution is 2.36. The van der Waals surface area contributed by atoms with Gasteiger partial charge in [-0.25, -0.2) is 4.79 Å². The summed E-state index contributed by atoms with van der Waals surface area (Å²) < 4.78 is 0. The van der Waals surface area contributed by atoms with E-state index in [0.29, 0.717) is 41.7 Å². The van der Waals surface area contributed by atoms with Gasteiger partial charge in [-0.3, -0.25) is 14.6 Å². The highest BCUT2D eigenvalue weighted by Gasteiger charge is 2.31. The number of hydrogen-bond acceptors (Lipinski definition) is 4. The summed E-state index contributed by atoms with van der Waals surface area (Å²) in [6, 6.07) is 7.87. The van der Waals surface area contributed by atoms with Crippen molar-refractivity contribution in [1.82, 2.24) is 15.1 Å². The van der Waals surface area contributed by atoms with Crippen molar-refractivity contribution in [2.24, 2.45) is 0 Å². The number of likely N-dealkylation sites (tertiary alicyclic amines) is 1. The van der Waals surface area contributed by atoms with Gasteiger partial charge in [0.05, 0.1) is 17.1 Å². The van der Waals surface area contributed by atoms with E-state index >= 15 is 0 Å². The van der Waals surface area contributed by atoms with E-state index in [4.69, 9.17) is 0 Å². The first-order chi connectivity index (χ1) is 15.6. The molecule has 0 aromatic heterocycles. The summed E-state index contributed by atoms with van der Waals surface area (Å²) in [5.74, 6) is -0.122. The summed E-state index contributed by atoms with van der Waals surface area (Å²) in [7, 11) is 0. The van der Waals surface area contributed by atoms with E-state index in [1.54, 1.807) is 4.90 Å². The molecule has 7 nitrogen and oxygen atoms in total. The van der Waals surface area contributed by atoms with Gasteiger partial charge in [-0.05, 0) is 63.5 Å². The quantitative estimate of drug-likeness (QED) is 0.684. The number of allylic oxidation sites excluding steroid dienone is 2. The summed E-state index contributed by atoms with van der Waals surface area (Å²) >= 11 is 0. The Bertz CT molecular complexity index is 905. The average Bonchev–Trinajstić information content (AvgIpc) is 3.20. The third-order valence-electron chi connectivity index (χ3n) is 6.79. The number of fused-ring (bicyclic) bond motifs is 1. The Balaban J connectivity index is 1.45. The lowest BCUT2D eigenvalue weighted by Crippen LogP contribution is -2.46. The fourth-order valence-electron chi connectivity index (χ4n) is 4.97. The van der Waals surface area contributed by atoms with E-state index in [0.717, 1.165) is 39.1 Å². The molecule has 32 heavy (non-hydrogen) atoms. The maximum atomic E-state index is 13.4. The molecule has 2 N–H and O–H groups in total. The monoisotopic (exact) mass is 437 g/mol. The van der Waals surface area contributed by atoms with Gasteiger partial charge in [0.15, 0.2) is 0 Å². The van der Waals surface area contributed by atoms with Crippen molar-refractivity contribution in [2.45, 2.75) is 45.6 Å². The first-order valence-electron chi connectivity index (χ1n) is 12.0. The number of hydrogen-bond donors (Lipinski definition) is 2. The first kappa shape index (κ1) is 22.6. The van der Waals surface area contributed by atoms with Gasteiger partial charge in [-0.1, -0.05) is 32.1 Å². The van der Waals surface area contributed by atoms with Crippen LogP contribution in [0.2, 0.25) is 0 Å². The number of nitrogens with one attached hydrogen (secondary N) is 2. The minimum atomic E-state index is -0.188. The van der Waals surface area contributed by atoms with Crippen LogP contribution in [0.4, 0.5) is 16.2 Å². The summed E-state index contributed by atoms with van der Waals surface area (Å²) in [6.45, 7) is 10.2. The molecule has 3 amide bonds. The van der Waals surface area contributed by atoms with E-state index in [2.05, 4.69) is 34.3 Å². The van der Waals surface area contributed by atoms with Crippen molar-refractivity contribution in [1.29, 1.82) is 0 Å². The molecule has 0 radical (unpaired) electrons. The smallest absolute Gasteiger partial charge is 0.326 e. The zero-order valence-electron chi connectivity index (χ0n) is 19.3. The topological polar surface area (TPSA) is 67.9 Å². The standard InChI is InChI=1S/C25H35N5O2/c1-3-28(4-2)18-19-10-9-16-29(19)17-15-26-25(32)30-22-13-7-5-11-20(22)24(31)27-21-12-6-8-14-23(21)30/h6-8,12-14,19H,3-5,9-11,15-18H2,1-2H3,(H,26,32)(H,27,31). The number of para-hydroxylation sites is 2. The highest BCUT2D eigenvalue weighted by atomic mass is 16.2.